The summed E-state index contributed by atoms with van der Waals surface area (Å²) in [6.45, 7) is 0.793. The first-order valence-electron chi connectivity index (χ1n) is 13.9. The number of nitrogens with zero attached hydrogens (tertiary/aromatic N) is 3. The number of benzene rings is 2. The quantitative estimate of drug-likeness (QED) is 0.437. The van der Waals surface area contributed by atoms with Gasteiger partial charge in [-0.2, -0.15) is 0 Å². The van der Waals surface area contributed by atoms with E-state index in [4.69, 9.17) is 14.5 Å². The molecule has 1 aliphatic carbocycles. The number of rotatable bonds is 6. The van der Waals surface area contributed by atoms with Crippen LogP contribution in [0.4, 0.5) is 20.3 Å². The number of pyridine rings is 1. The monoisotopic (exact) mass is 573 g/mol. The number of aromatic nitrogens is 1. The van der Waals surface area contributed by atoms with Crippen molar-refractivity contribution in [1.82, 2.24) is 9.88 Å². The third-order valence-electron chi connectivity index (χ3n) is 8.80. The van der Waals surface area contributed by atoms with Crippen LogP contribution >= 0.6 is 0 Å². The molecule has 0 saturated carbocycles. The minimum atomic E-state index is -1.04. The smallest absolute Gasteiger partial charge is 0.256 e. The molecule has 2 atom stereocenters. The predicted octanol–water partition coefficient (Wildman–Crippen LogP) is 3.57. The Morgan fingerprint density at radius 2 is 1.83 bits per heavy atom. The second-order valence-electron chi connectivity index (χ2n) is 11.3. The summed E-state index contributed by atoms with van der Waals surface area (Å²) in [4.78, 5) is 37.4. The van der Waals surface area contributed by atoms with Gasteiger partial charge in [-0.3, -0.25) is 19.5 Å². The average Bonchev–Trinajstić information content (AvgIpc) is 3.58. The molecule has 1 aromatic heterocycles. The lowest BCUT2D eigenvalue weighted by Gasteiger charge is -2.31. The van der Waals surface area contributed by atoms with Gasteiger partial charge in [-0.1, -0.05) is 12.1 Å². The Morgan fingerprint density at radius 3 is 2.60 bits per heavy atom. The number of fused-ring (bicyclic) bond motifs is 3. The number of aliphatic imine (C=N–C) groups is 1. The number of amides is 2. The molecule has 11 heteroatoms. The van der Waals surface area contributed by atoms with E-state index in [1.165, 1.54) is 24.1 Å². The highest BCUT2D eigenvalue weighted by molar-refractivity contribution is 6.15. The van der Waals surface area contributed by atoms with E-state index in [0.717, 1.165) is 28.4 Å². The minimum Gasteiger partial charge on any atom is -0.381 e. The van der Waals surface area contributed by atoms with E-state index in [0.29, 0.717) is 44.7 Å². The van der Waals surface area contributed by atoms with Crippen molar-refractivity contribution in [3.63, 3.8) is 0 Å². The lowest BCUT2D eigenvalue weighted by atomic mass is 9.79. The van der Waals surface area contributed by atoms with E-state index >= 15 is 0 Å². The van der Waals surface area contributed by atoms with Gasteiger partial charge in [0.1, 0.15) is 35.1 Å². The van der Waals surface area contributed by atoms with E-state index in [9.17, 15) is 18.4 Å². The molecule has 2 aromatic carbocycles. The van der Waals surface area contributed by atoms with Gasteiger partial charge in [0.05, 0.1) is 12.0 Å². The molecular formula is C31H29F2N5O4. The molecule has 42 heavy (non-hydrogen) atoms. The number of anilines is 2. The van der Waals surface area contributed by atoms with Crippen LogP contribution in [0, 0.1) is 11.6 Å². The zero-order valence-electron chi connectivity index (χ0n) is 23.0. The van der Waals surface area contributed by atoms with Crippen LogP contribution in [0.3, 0.4) is 0 Å². The van der Waals surface area contributed by atoms with E-state index in [-0.39, 0.29) is 29.8 Å². The average molecular weight is 574 g/mol. The summed E-state index contributed by atoms with van der Waals surface area (Å²) in [5, 5.41) is 6.27. The first-order valence-corrected chi connectivity index (χ1v) is 13.9. The number of carbonyl (C=O) groups excluding carboxylic acids is 2. The van der Waals surface area contributed by atoms with Gasteiger partial charge in [0.2, 0.25) is 5.91 Å². The van der Waals surface area contributed by atoms with E-state index < -0.39 is 28.8 Å². The molecule has 4 heterocycles. The molecule has 1 fully saturated rings. The van der Waals surface area contributed by atoms with E-state index in [1.54, 1.807) is 6.20 Å². The first-order chi connectivity index (χ1) is 20.3. The van der Waals surface area contributed by atoms with Crippen LogP contribution in [-0.4, -0.2) is 66.2 Å². The van der Waals surface area contributed by atoms with Crippen molar-refractivity contribution < 1.29 is 27.8 Å². The van der Waals surface area contributed by atoms with Crippen molar-refractivity contribution in [1.29, 1.82) is 0 Å². The fraction of sp³-hybridized carbons (Fsp3) is 0.355. The molecule has 0 radical (unpaired) electrons. The van der Waals surface area contributed by atoms with Gasteiger partial charge in [-0.25, -0.2) is 13.8 Å². The Balaban J connectivity index is 1.14. The Bertz CT molecular complexity index is 1620. The highest BCUT2D eigenvalue weighted by Crippen LogP contribution is 2.47. The largest absolute Gasteiger partial charge is 0.381 e. The second-order valence-corrected chi connectivity index (χ2v) is 11.3. The fourth-order valence-electron chi connectivity index (χ4n) is 6.65. The summed E-state index contributed by atoms with van der Waals surface area (Å²) in [5.74, 6) is -0.975. The first kappa shape index (κ1) is 26.7. The third-order valence-corrected chi connectivity index (χ3v) is 8.80. The summed E-state index contributed by atoms with van der Waals surface area (Å²) >= 11 is 0. The lowest BCUT2D eigenvalue weighted by molar-refractivity contribution is -0.135. The SMILES string of the molecule is COC(CN1C(=O)C2(CCOCC2)N=C1c1cc(F)cc(F)c1)Nc1ccc2c(c1)CC1(C2)C(=O)Nc2ncccc21. The van der Waals surface area contributed by atoms with Crippen molar-refractivity contribution in [3.05, 3.63) is 88.6 Å². The van der Waals surface area contributed by atoms with Crippen molar-refractivity contribution >= 4 is 29.2 Å². The highest BCUT2D eigenvalue weighted by Gasteiger charge is 2.52. The summed E-state index contributed by atoms with van der Waals surface area (Å²) < 4.78 is 39.6. The van der Waals surface area contributed by atoms with Crippen LogP contribution < -0.4 is 10.6 Å². The van der Waals surface area contributed by atoms with Crippen LogP contribution in [-0.2, 0) is 37.3 Å². The number of hydrogen-bond acceptors (Lipinski definition) is 7. The summed E-state index contributed by atoms with van der Waals surface area (Å²) in [6.07, 6.45) is 2.89. The molecule has 2 amide bonds. The molecule has 9 nitrogen and oxygen atoms in total. The zero-order chi connectivity index (χ0) is 29.1. The van der Waals surface area contributed by atoms with Gasteiger partial charge < -0.3 is 20.1 Å². The number of halogens is 2. The number of methoxy groups -OCH3 is 1. The molecule has 7 rings (SSSR count). The molecule has 1 saturated heterocycles. The van der Waals surface area contributed by atoms with Gasteiger partial charge in [0.15, 0.2) is 0 Å². The number of carbonyl (C=O) groups is 2. The van der Waals surface area contributed by atoms with Gasteiger partial charge in [0, 0.05) is 62.2 Å². The van der Waals surface area contributed by atoms with Crippen molar-refractivity contribution in [2.75, 3.05) is 37.5 Å². The van der Waals surface area contributed by atoms with Crippen LogP contribution in [0.15, 0.2) is 59.7 Å². The molecular weight excluding hydrogens is 544 g/mol. The van der Waals surface area contributed by atoms with Gasteiger partial charge in [0.25, 0.3) is 5.91 Å². The Morgan fingerprint density at radius 1 is 1.07 bits per heavy atom. The molecule has 4 aliphatic rings. The molecule has 2 unspecified atom stereocenters. The fourth-order valence-corrected chi connectivity index (χ4v) is 6.65. The molecule has 0 bridgehead atoms. The predicted molar refractivity (Wildman–Crippen MR) is 150 cm³/mol. The molecule has 3 aromatic rings. The van der Waals surface area contributed by atoms with Crippen LogP contribution in [0.2, 0.25) is 0 Å². The van der Waals surface area contributed by atoms with Crippen molar-refractivity contribution in [3.8, 4) is 0 Å². The standard InChI is InChI=1S/C31H29F2N5O4/c1-41-25(17-38-27(19-11-21(32)14-22(33)12-19)37-31(29(38)40)6-9-42-10-7-31)35-23-5-4-18-15-30(16-20(18)13-23)24-3-2-8-34-26(24)36-28(30)39/h2-5,8,11-14,25,35H,6-7,9-10,15-17H2,1H3,(H,34,36,39). The highest BCUT2D eigenvalue weighted by atomic mass is 19.1. The minimum absolute atomic E-state index is 0.0492. The van der Waals surface area contributed by atoms with Gasteiger partial charge >= 0.3 is 0 Å². The van der Waals surface area contributed by atoms with E-state index in [1.807, 2.05) is 30.3 Å². The molecule has 2 N–H and O–H groups in total. The van der Waals surface area contributed by atoms with Crippen LogP contribution in [0.5, 0.6) is 0 Å². The third kappa shape index (κ3) is 4.26. The lowest BCUT2D eigenvalue weighted by Crippen LogP contribution is -2.49. The Hall–Kier alpha value is -4.22. The summed E-state index contributed by atoms with van der Waals surface area (Å²) in [7, 11) is 1.52. The second kappa shape index (κ2) is 9.95. The van der Waals surface area contributed by atoms with Crippen molar-refractivity contribution in [2.45, 2.75) is 42.9 Å². The molecule has 2 spiro atoms. The zero-order valence-corrected chi connectivity index (χ0v) is 23.0. The summed E-state index contributed by atoms with van der Waals surface area (Å²) in [6, 6.07) is 12.9. The van der Waals surface area contributed by atoms with Crippen LogP contribution in [0.25, 0.3) is 0 Å². The topological polar surface area (TPSA) is 105 Å². The van der Waals surface area contributed by atoms with E-state index in [2.05, 4.69) is 15.6 Å². The normalized spacial score (nSPS) is 22.7. The Kier molecular flexibility index (Phi) is 6.32. The number of nitrogens with one attached hydrogen (secondary N) is 2. The maximum absolute atomic E-state index is 14.2. The van der Waals surface area contributed by atoms with Crippen LogP contribution in [0.1, 0.15) is 35.1 Å². The van der Waals surface area contributed by atoms with Gasteiger partial charge in [-0.05, 0) is 54.3 Å². The Labute approximate surface area is 240 Å². The molecule has 3 aliphatic heterocycles. The number of hydrogen-bond donors (Lipinski definition) is 2. The van der Waals surface area contributed by atoms with Crippen molar-refractivity contribution in [2.24, 2.45) is 4.99 Å². The maximum atomic E-state index is 14.2. The number of amidine groups is 1. The maximum Gasteiger partial charge on any atom is 0.256 e. The van der Waals surface area contributed by atoms with Gasteiger partial charge in [-0.15, -0.1) is 0 Å². The number of ether oxygens (including phenoxy) is 2. The summed E-state index contributed by atoms with van der Waals surface area (Å²) in [5.41, 5.74) is 2.25. The molecule has 216 valence electrons.